The van der Waals surface area contributed by atoms with Gasteiger partial charge < -0.3 is 21.2 Å². The molecular weight excluding hydrogens is 276 g/mol. The van der Waals surface area contributed by atoms with E-state index in [9.17, 15) is 4.79 Å². The van der Waals surface area contributed by atoms with E-state index in [1.54, 1.807) is 4.90 Å². The molecule has 0 radical (unpaired) electrons. The van der Waals surface area contributed by atoms with Crippen LogP contribution in [0.15, 0.2) is 16.6 Å². The molecule has 0 aromatic carbocycles. The van der Waals surface area contributed by atoms with E-state index in [-0.39, 0.29) is 6.09 Å². The summed E-state index contributed by atoms with van der Waals surface area (Å²) in [5.41, 5.74) is 5.07. The molecule has 6 nitrogen and oxygen atoms in total. The van der Waals surface area contributed by atoms with E-state index in [1.165, 1.54) is 11.8 Å². The Hall–Kier alpha value is -1.37. The molecule has 4 N–H and O–H groups in total. The Labute approximate surface area is 124 Å². The number of nitrogens with zero attached hydrogens (tertiary/aromatic N) is 2. The number of hydrogen-bond donors (Lipinski definition) is 2. The van der Waals surface area contributed by atoms with Crippen LogP contribution < -0.4 is 11.6 Å². The molecule has 1 aliphatic heterocycles. The van der Waals surface area contributed by atoms with Gasteiger partial charge in [0, 0.05) is 13.1 Å². The lowest BCUT2D eigenvalue weighted by Gasteiger charge is -2.40. The molecular formula is C13H24N4O2S. The van der Waals surface area contributed by atoms with Gasteiger partial charge in [0.25, 0.3) is 0 Å². The quantitative estimate of drug-likeness (QED) is 0.359. The summed E-state index contributed by atoms with van der Waals surface area (Å²) >= 11 is 1.29. The van der Waals surface area contributed by atoms with Crippen LogP contribution in [0, 0.1) is 5.92 Å². The zero-order chi connectivity index (χ0) is 15.3. The maximum Gasteiger partial charge on any atom is 0.410 e. The molecule has 7 heteroatoms. The molecule has 114 valence electrons. The van der Waals surface area contributed by atoms with Gasteiger partial charge >= 0.3 is 6.09 Å². The van der Waals surface area contributed by atoms with Gasteiger partial charge in [-0.15, -0.1) is 0 Å². The minimum atomic E-state index is -0.438. The number of amides is 1. The van der Waals surface area contributed by atoms with Gasteiger partial charge in [-0.25, -0.2) is 4.79 Å². The van der Waals surface area contributed by atoms with Crippen molar-refractivity contribution < 1.29 is 9.53 Å². The SMILES string of the molecule is C=C(CCC1CN(C(=O)OC(C)(C)C)C1)S/C(N)=N\N. The maximum atomic E-state index is 11.7. The molecule has 1 rings (SSSR count). The van der Waals surface area contributed by atoms with Crippen molar-refractivity contribution in [3.63, 3.8) is 0 Å². The molecule has 20 heavy (non-hydrogen) atoms. The second-order valence-corrected chi connectivity index (χ2v) is 7.10. The zero-order valence-corrected chi connectivity index (χ0v) is 13.2. The number of carbonyl (C=O) groups excluding carboxylic acids is 1. The number of rotatable bonds is 4. The Morgan fingerprint density at radius 3 is 2.60 bits per heavy atom. The van der Waals surface area contributed by atoms with Crippen molar-refractivity contribution >= 4 is 23.0 Å². The van der Waals surface area contributed by atoms with Crippen molar-refractivity contribution in [3.05, 3.63) is 11.5 Å². The second-order valence-electron chi connectivity index (χ2n) is 5.90. The summed E-state index contributed by atoms with van der Waals surface area (Å²) in [4.78, 5) is 14.4. The molecule has 1 heterocycles. The first-order valence-corrected chi connectivity index (χ1v) is 7.40. The van der Waals surface area contributed by atoms with Crippen LogP contribution in [0.2, 0.25) is 0 Å². The number of hydrogen-bond acceptors (Lipinski definition) is 5. The minimum absolute atomic E-state index is 0.235. The average molecular weight is 300 g/mol. The molecule has 1 amide bonds. The smallest absolute Gasteiger partial charge is 0.410 e. The summed E-state index contributed by atoms with van der Waals surface area (Å²) < 4.78 is 5.30. The Kier molecular flexibility index (Phi) is 5.74. The molecule has 1 fully saturated rings. The van der Waals surface area contributed by atoms with E-state index in [4.69, 9.17) is 16.3 Å². The Bertz CT molecular complexity index is 398. The Morgan fingerprint density at radius 1 is 1.50 bits per heavy atom. The van der Waals surface area contributed by atoms with Crippen LogP contribution in [0.1, 0.15) is 33.6 Å². The summed E-state index contributed by atoms with van der Waals surface area (Å²) in [5.74, 6) is 5.55. The van der Waals surface area contributed by atoms with Crippen LogP contribution in [-0.2, 0) is 4.74 Å². The largest absolute Gasteiger partial charge is 0.444 e. The van der Waals surface area contributed by atoms with E-state index >= 15 is 0 Å². The highest BCUT2D eigenvalue weighted by Gasteiger charge is 2.33. The molecule has 0 aromatic rings. The van der Waals surface area contributed by atoms with Crippen molar-refractivity contribution in [1.82, 2.24) is 4.90 Å². The molecule has 0 spiro atoms. The first-order valence-electron chi connectivity index (χ1n) is 6.58. The van der Waals surface area contributed by atoms with Crippen molar-refractivity contribution in [2.75, 3.05) is 13.1 Å². The molecule has 0 bridgehead atoms. The lowest BCUT2D eigenvalue weighted by atomic mass is 9.95. The van der Waals surface area contributed by atoms with E-state index in [1.807, 2.05) is 20.8 Å². The van der Waals surface area contributed by atoms with E-state index in [0.717, 1.165) is 30.8 Å². The number of thioether (sulfide) groups is 1. The van der Waals surface area contributed by atoms with E-state index < -0.39 is 5.60 Å². The third kappa shape index (κ3) is 5.73. The van der Waals surface area contributed by atoms with Gasteiger partial charge in [-0.2, -0.15) is 5.10 Å². The van der Waals surface area contributed by atoms with E-state index in [0.29, 0.717) is 11.1 Å². The lowest BCUT2D eigenvalue weighted by molar-refractivity contribution is -0.00196. The summed E-state index contributed by atoms with van der Waals surface area (Å²) in [6.07, 6.45) is 1.58. The highest BCUT2D eigenvalue weighted by Crippen LogP contribution is 2.27. The van der Waals surface area contributed by atoms with E-state index in [2.05, 4.69) is 11.7 Å². The fraction of sp³-hybridized carbons (Fsp3) is 0.692. The average Bonchev–Trinajstić information content (AvgIpc) is 2.23. The topological polar surface area (TPSA) is 93.9 Å². The van der Waals surface area contributed by atoms with Crippen molar-refractivity contribution in [1.29, 1.82) is 0 Å². The highest BCUT2D eigenvalue weighted by atomic mass is 32.2. The molecule has 0 saturated carbocycles. The number of amidine groups is 1. The molecule has 0 atom stereocenters. The summed E-state index contributed by atoms with van der Waals surface area (Å²) in [7, 11) is 0. The zero-order valence-electron chi connectivity index (χ0n) is 12.4. The summed E-state index contributed by atoms with van der Waals surface area (Å²) in [6.45, 7) is 11.0. The normalized spacial score (nSPS) is 16.8. The third-order valence-corrected chi connectivity index (χ3v) is 3.62. The van der Waals surface area contributed by atoms with Gasteiger partial charge in [0.15, 0.2) is 5.17 Å². The monoisotopic (exact) mass is 300 g/mol. The first kappa shape index (κ1) is 16.7. The van der Waals surface area contributed by atoms with Gasteiger partial charge in [0.1, 0.15) is 5.60 Å². The van der Waals surface area contributed by atoms with Crippen molar-refractivity contribution in [2.45, 2.75) is 39.2 Å². The van der Waals surface area contributed by atoms with Crippen LogP contribution in [0.4, 0.5) is 4.79 Å². The molecule has 0 aromatic heterocycles. The number of hydrazone groups is 1. The predicted molar refractivity (Wildman–Crippen MR) is 83.1 cm³/mol. The van der Waals surface area contributed by atoms with Gasteiger partial charge in [-0.3, -0.25) is 0 Å². The first-order chi connectivity index (χ1) is 9.21. The highest BCUT2D eigenvalue weighted by molar-refractivity contribution is 8.17. The van der Waals surface area contributed by atoms with Gasteiger partial charge in [-0.1, -0.05) is 18.3 Å². The third-order valence-electron chi connectivity index (χ3n) is 2.82. The maximum absolute atomic E-state index is 11.7. The lowest BCUT2D eigenvalue weighted by Crippen LogP contribution is -2.51. The number of likely N-dealkylation sites (tertiary alicyclic amines) is 1. The number of nitrogens with two attached hydrogens (primary N) is 2. The summed E-state index contributed by atoms with van der Waals surface area (Å²) in [5, 5.41) is 3.70. The molecule has 0 aliphatic carbocycles. The predicted octanol–water partition coefficient (Wildman–Crippen LogP) is 2.07. The van der Waals surface area contributed by atoms with Crippen molar-refractivity contribution in [3.8, 4) is 0 Å². The number of ether oxygens (including phenoxy) is 1. The van der Waals surface area contributed by atoms with Crippen molar-refractivity contribution in [2.24, 2.45) is 22.6 Å². The van der Waals surface area contributed by atoms with Crippen LogP contribution >= 0.6 is 11.8 Å². The van der Waals surface area contributed by atoms with Crippen LogP contribution in [0.3, 0.4) is 0 Å². The van der Waals surface area contributed by atoms with Gasteiger partial charge in [-0.05, 0) is 44.4 Å². The van der Waals surface area contributed by atoms with Gasteiger partial charge in [0.2, 0.25) is 0 Å². The second kappa shape index (κ2) is 6.88. The molecule has 0 unspecified atom stereocenters. The summed E-state index contributed by atoms with van der Waals surface area (Å²) in [6, 6.07) is 0. The molecule has 1 saturated heterocycles. The Balaban J connectivity index is 2.19. The minimum Gasteiger partial charge on any atom is -0.444 e. The standard InChI is InChI=1S/C13H24N4O2S/c1-9(20-11(14)16-15)5-6-10-7-17(8-10)12(18)19-13(2,3)4/h10H,1,5-8,15H2,2-4H3,(H2,14,16). The van der Waals surface area contributed by atoms with Crippen LogP contribution in [-0.4, -0.2) is 34.9 Å². The van der Waals surface area contributed by atoms with Crippen LogP contribution in [0.5, 0.6) is 0 Å². The fourth-order valence-electron chi connectivity index (χ4n) is 1.82. The fourth-order valence-corrected chi connectivity index (χ4v) is 2.39. The van der Waals surface area contributed by atoms with Crippen LogP contribution in [0.25, 0.3) is 0 Å². The number of allylic oxidation sites excluding steroid dienone is 1. The van der Waals surface area contributed by atoms with Gasteiger partial charge in [0.05, 0.1) is 0 Å². The Morgan fingerprint density at radius 2 is 2.10 bits per heavy atom. The number of carbonyl (C=O) groups is 1. The molecule has 1 aliphatic rings.